The van der Waals surface area contributed by atoms with E-state index in [-0.39, 0.29) is 23.8 Å². The molecule has 0 aromatic carbocycles. The number of hydrogen-bond acceptors (Lipinski definition) is 7. The van der Waals surface area contributed by atoms with Crippen molar-refractivity contribution in [3.8, 4) is 0 Å². The zero-order valence-electron chi connectivity index (χ0n) is 17.6. The fourth-order valence-corrected chi connectivity index (χ4v) is 4.42. The van der Waals surface area contributed by atoms with E-state index in [0.29, 0.717) is 45.0 Å². The lowest BCUT2D eigenvalue weighted by atomic mass is 10.1. The van der Waals surface area contributed by atoms with Gasteiger partial charge >= 0.3 is 5.97 Å². The molecular formula is C21H29N5O4. The molecule has 9 heteroatoms. The highest BCUT2D eigenvalue weighted by Crippen LogP contribution is 2.22. The van der Waals surface area contributed by atoms with E-state index < -0.39 is 0 Å². The molecule has 0 radical (unpaired) electrons. The van der Waals surface area contributed by atoms with Crippen molar-refractivity contribution in [2.45, 2.75) is 19.5 Å². The number of aryl methyl sites for hydroxylation is 1. The first-order valence-electron chi connectivity index (χ1n) is 10.5. The Balaban J connectivity index is 1.50. The van der Waals surface area contributed by atoms with Gasteiger partial charge in [-0.25, -0.2) is 0 Å². The number of aromatic nitrogens is 2. The lowest BCUT2D eigenvalue weighted by molar-refractivity contribution is -0.149. The predicted molar refractivity (Wildman–Crippen MR) is 109 cm³/mol. The second kappa shape index (κ2) is 9.01. The topological polar surface area (TPSA) is 84.0 Å². The van der Waals surface area contributed by atoms with E-state index in [1.165, 1.54) is 0 Å². The molecule has 0 N–H and O–H groups in total. The molecule has 2 aliphatic heterocycles. The van der Waals surface area contributed by atoms with Crippen LogP contribution in [0.25, 0.3) is 0 Å². The van der Waals surface area contributed by atoms with Crippen LogP contribution in [0.15, 0.2) is 35.1 Å². The van der Waals surface area contributed by atoms with Crippen LogP contribution in [-0.4, -0.2) is 88.3 Å². The van der Waals surface area contributed by atoms with E-state index in [1.807, 2.05) is 24.0 Å². The maximum absolute atomic E-state index is 13.0. The van der Waals surface area contributed by atoms with Crippen LogP contribution in [-0.2, 0) is 23.1 Å². The van der Waals surface area contributed by atoms with Gasteiger partial charge < -0.3 is 14.1 Å². The van der Waals surface area contributed by atoms with Crippen LogP contribution in [0.3, 0.4) is 0 Å². The fourth-order valence-electron chi connectivity index (χ4n) is 4.42. The van der Waals surface area contributed by atoms with Gasteiger partial charge in [0, 0.05) is 58.6 Å². The molecule has 4 rings (SSSR count). The fraction of sp³-hybridized carbons (Fsp3) is 0.571. The zero-order valence-corrected chi connectivity index (χ0v) is 17.6. The van der Waals surface area contributed by atoms with Crippen molar-refractivity contribution >= 4 is 11.9 Å². The van der Waals surface area contributed by atoms with Crippen LogP contribution in [0.5, 0.6) is 0 Å². The number of amides is 1. The van der Waals surface area contributed by atoms with Gasteiger partial charge in [0.2, 0.25) is 0 Å². The summed E-state index contributed by atoms with van der Waals surface area (Å²) < 4.78 is 12.5. The van der Waals surface area contributed by atoms with E-state index >= 15 is 0 Å². The van der Waals surface area contributed by atoms with E-state index in [0.717, 1.165) is 18.8 Å². The number of furan rings is 1. The molecule has 2 aromatic heterocycles. The van der Waals surface area contributed by atoms with Gasteiger partial charge in [-0.15, -0.1) is 0 Å². The molecule has 0 aliphatic carbocycles. The molecule has 0 spiro atoms. The molecule has 4 heterocycles. The van der Waals surface area contributed by atoms with Crippen molar-refractivity contribution < 1.29 is 18.7 Å². The van der Waals surface area contributed by atoms with Crippen LogP contribution < -0.4 is 0 Å². The second-order valence-electron chi connectivity index (χ2n) is 7.96. The average molecular weight is 415 g/mol. The Morgan fingerprint density at radius 2 is 2.07 bits per heavy atom. The summed E-state index contributed by atoms with van der Waals surface area (Å²) >= 11 is 0. The minimum atomic E-state index is -0.218. The minimum Gasteiger partial charge on any atom is -0.468 e. The molecule has 0 bridgehead atoms. The van der Waals surface area contributed by atoms with E-state index in [9.17, 15) is 9.59 Å². The van der Waals surface area contributed by atoms with Crippen LogP contribution >= 0.6 is 0 Å². The lowest BCUT2D eigenvalue weighted by Crippen LogP contribution is -2.57. The third-order valence-corrected chi connectivity index (χ3v) is 5.91. The molecule has 1 amide bonds. The summed E-state index contributed by atoms with van der Waals surface area (Å²) in [4.78, 5) is 32.0. The molecule has 2 atom stereocenters. The Bertz CT molecular complexity index is 865. The Morgan fingerprint density at radius 3 is 2.77 bits per heavy atom. The van der Waals surface area contributed by atoms with Gasteiger partial charge in [-0.05, 0) is 25.1 Å². The van der Waals surface area contributed by atoms with Gasteiger partial charge in [0.15, 0.2) is 0 Å². The molecule has 2 fully saturated rings. The van der Waals surface area contributed by atoms with Crippen molar-refractivity contribution in [3.63, 3.8) is 0 Å². The molecule has 0 unspecified atom stereocenters. The first kappa shape index (κ1) is 20.6. The van der Waals surface area contributed by atoms with Crippen LogP contribution in [0.2, 0.25) is 0 Å². The van der Waals surface area contributed by atoms with Crippen molar-refractivity contribution in [2.24, 2.45) is 13.0 Å². The number of carbonyl (C=O) groups is 2. The summed E-state index contributed by atoms with van der Waals surface area (Å²) in [6, 6.07) is 5.71. The minimum absolute atomic E-state index is 0.00146. The van der Waals surface area contributed by atoms with Crippen LogP contribution in [0, 0.1) is 5.92 Å². The molecule has 2 aliphatic rings. The number of esters is 1. The SMILES string of the molecule is CCOC(=O)[C@H]1CN(Cc2ccco2)C[C@H]2CN(C(=O)c3ccnn3C)CCN2C1. The van der Waals surface area contributed by atoms with Gasteiger partial charge in [-0.2, -0.15) is 5.10 Å². The van der Waals surface area contributed by atoms with E-state index in [2.05, 4.69) is 14.9 Å². The molecule has 2 saturated heterocycles. The Morgan fingerprint density at radius 1 is 1.20 bits per heavy atom. The van der Waals surface area contributed by atoms with Gasteiger partial charge in [-0.1, -0.05) is 0 Å². The quantitative estimate of drug-likeness (QED) is 0.669. The molecule has 0 saturated carbocycles. The van der Waals surface area contributed by atoms with Crippen LogP contribution in [0.4, 0.5) is 0 Å². The maximum atomic E-state index is 13.0. The number of rotatable bonds is 5. The summed E-state index contributed by atoms with van der Waals surface area (Å²) in [5.41, 5.74) is 0.592. The largest absolute Gasteiger partial charge is 0.468 e. The highest BCUT2D eigenvalue weighted by atomic mass is 16.5. The first-order chi connectivity index (χ1) is 14.5. The zero-order chi connectivity index (χ0) is 21.1. The highest BCUT2D eigenvalue weighted by molar-refractivity contribution is 5.92. The number of hydrogen-bond donors (Lipinski definition) is 0. The van der Waals surface area contributed by atoms with Crippen LogP contribution in [0.1, 0.15) is 23.2 Å². The Labute approximate surface area is 176 Å². The highest BCUT2D eigenvalue weighted by Gasteiger charge is 2.38. The normalized spacial score (nSPS) is 23.1. The number of carbonyl (C=O) groups excluding carboxylic acids is 2. The van der Waals surface area contributed by atoms with Crippen molar-refractivity contribution in [3.05, 3.63) is 42.1 Å². The van der Waals surface area contributed by atoms with E-state index in [1.54, 1.807) is 30.3 Å². The van der Waals surface area contributed by atoms with Crippen molar-refractivity contribution in [2.75, 3.05) is 45.9 Å². The monoisotopic (exact) mass is 415 g/mol. The third-order valence-electron chi connectivity index (χ3n) is 5.91. The third kappa shape index (κ3) is 4.41. The summed E-state index contributed by atoms with van der Waals surface area (Å²) in [7, 11) is 1.78. The lowest BCUT2D eigenvalue weighted by Gasteiger charge is -2.41. The molecule has 162 valence electrons. The average Bonchev–Trinajstić information content (AvgIpc) is 3.35. The van der Waals surface area contributed by atoms with E-state index in [4.69, 9.17) is 9.15 Å². The summed E-state index contributed by atoms with van der Waals surface area (Å²) in [6.07, 6.45) is 3.31. The summed E-state index contributed by atoms with van der Waals surface area (Å²) in [5, 5.41) is 4.12. The maximum Gasteiger partial charge on any atom is 0.311 e. The van der Waals surface area contributed by atoms with Gasteiger partial charge in [0.1, 0.15) is 11.5 Å². The van der Waals surface area contributed by atoms with Crippen molar-refractivity contribution in [1.82, 2.24) is 24.5 Å². The Hall–Kier alpha value is -2.65. The van der Waals surface area contributed by atoms with Gasteiger partial charge in [0.05, 0.1) is 25.3 Å². The van der Waals surface area contributed by atoms with Crippen molar-refractivity contribution in [1.29, 1.82) is 0 Å². The number of ether oxygens (including phenoxy) is 1. The molecule has 30 heavy (non-hydrogen) atoms. The molecule has 2 aromatic rings. The number of piperazine rings is 1. The molecular weight excluding hydrogens is 386 g/mol. The molecule has 9 nitrogen and oxygen atoms in total. The number of nitrogens with zero attached hydrogens (tertiary/aromatic N) is 5. The summed E-state index contributed by atoms with van der Waals surface area (Å²) in [5.74, 6) is 0.489. The van der Waals surface area contributed by atoms with Gasteiger partial charge in [-0.3, -0.25) is 24.1 Å². The van der Waals surface area contributed by atoms with Gasteiger partial charge in [0.25, 0.3) is 5.91 Å². The Kier molecular flexibility index (Phi) is 6.19. The second-order valence-corrected chi connectivity index (χ2v) is 7.96. The first-order valence-corrected chi connectivity index (χ1v) is 10.5. The number of fused-ring (bicyclic) bond motifs is 1. The summed E-state index contributed by atoms with van der Waals surface area (Å²) in [6.45, 7) is 6.84. The smallest absolute Gasteiger partial charge is 0.311 e. The predicted octanol–water partition coefficient (Wildman–Crippen LogP) is 0.835. The standard InChI is InChI=1S/C21H29N5O4/c1-3-29-21(28)16-11-24(15-18-5-4-10-30-18)13-17-14-26(9-8-25(17)12-16)20(27)19-6-7-22-23(19)2/h4-7,10,16-17H,3,8-9,11-15H2,1-2H3/t16-,17-/m0/s1.